The molecule has 1 saturated heterocycles. The quantitative estimate of drug-likeness (QED) is 0.587. The Hall–Kier alpha value is -2.70. The zero-order chi connectivity index (χ0) is 23.7. The van der Waals surface area contributed by atoms with Gasteiger partial charge in [-0.05, 0) is 32.2 Å². The van der Waals surface area contributed by atoms with Crippen LogP contribution in [-0.2, 0) is 15.1 Å². The third-order valence-corrected chi connectivity index (χ3v) is 3.20. The number of nitrogens with one attached hydrogen (secondary N) is 1. The molecular formula is C15H16N4O3. The summed E-state index contributed by atoms with van der Waals surface area (Å²) in [7, 11) is 0. The Labute approximate surface area is 138 Å². The first-order valence-corrected chi connectivity index (χ1v) is 6.05. The molecule has 1 aliphatic heterocycles. The first kappa shape index (κ1) is 7.04. The second-order valence-corrected chi connectivity index (χ2v) is 4.60. The molecule has 2 heterocycles. The van der Waals surface area contributed by atoms with E-state index in [2.05, 4.69) is 4.98 Å². The number of aromatic nitrogens is 2. The Morgan fingerprint density at radius 3 is 3.00 bits per heavy atom. The Balaban J connectivity index is 2.67. The van der Waals surface area contributed by atoms with Crippen LogP contribution < -0.4 is 16.6 Å². The van der Waals surface area contributed by atoms with E-state index in [1.807, 2.05) is 0 Å². The van der Waals surface area contributed by atoms with Crippen LogP contribution in [0.1, 0.15) is 37.8 Å². The van der Waals surface area contributed by atoms with Crippen LogP contribution >= 0.6 is 0 Å². The molecule has 0 spiro atoms. The van der Waals surface area contributed by atoms with Crippen molar-refractivity contribution < 1.29 is 21.9 Å². The van der Waals surface area contributed by atoms with Crippen LogP contribution in [0.5, 0.6) is 0 Å². The number of amides is 2. The maximum absolute atomic E-state index is 13.4. The minimum absolute atomic E-state index is 0.0109. The largest absolute Gasteiger partial charge is 0.398 e. The monoisotopic (exact) mass is 309 g/mol. The van der Waals surface area contributed by atoms with E-state index in [0.29, 0.717) is 0 Å². The number of piperidine rings is 1. The van der Waals surface area contributed by atoms with Crippen molar-refractivity contribution in [2.24, 2.45) is 0 Å². The number of nitrogens with zero attached hydrogens (tertiary/aromatic N) is 2. The van der Waals surface area contributed by atoms with Gasteiger partial charge >= 0.3 is 0 Å². The van der Waals surface area contributed by atoms with Crippen LogP contribution in [0.15, 0.2) is 23.0 Å². The number of hydrogen-bond donors (Lipinski definition) is 2. The number of hydrogen-bond acceptors (Lipinski definition) is 5. The molecule has 3 rings (SSSR count). The molecule has 114 valence electrons. The van der Waals surface area contributed by atoms with Crippen LogP contribution in [-0.4, -0.2) is 21.4 Å². The molecule has 7 nitrogen and oxygen atoms in total. The van der Waals surface area contributed by atoms with E-state index in [9.17, 15) is 14.4 Å². The first-order chi connectivity index (χ1) is 14.0. The molecule has 0 bridgehead atoms. The van der Waals surface area contributed by atoms with Crippen LogP contribution in [0.2, 0.25) is 0 Å². The molecule has 2 aromatic rings. The van der Waals surface area contributed by atoms with Gasteiger partial charge in [-0.15, -0.1) is 0 Å². The molecule has 7 heteroatoms. The highest BCUT2D eigenvalue weighted by Gasteiger charge is 2.42. The van der Waals surface area contributed by atoms with Gasteiger partial charge in [0.15, 0.2) is 0 Å². The Morgan fingerprint density at radius 2 is 2.27 bits per heavy atom. The predicted molar refractivity (Wildman–Crippen MR) is 81.2 cm³/mol. The van der Waals surface area contributed by atoms with Gasteiger partial charge in [-0.3, -0.25) is 24.3 Å². The van der Waals surface area contributed by atoms with Gasteiger partial charge in [0.25, 0.3) is 11.5 Å². The van der Waals surface area contributed by atoms with Crippen LogP contribution in [0, 0.1) is 6.88 Å². The van der Waals surface area contributed by atoms with Gasteiger partial charge in [-0.2, -0.15) is 0 Å². The number of nitrogens with two attached hydrogens (primary N) is 1. The number of carbonyl (C=O) groups excluding carboxylic acids is 2. The van der Waals surface area contributed by atoms with Crippen molar-refractivity contribution in [3.8, 4) is 0 Å². The Morgan fingerprint density at radius 1 is 1.45 bits per heavy atom. The van der Waals surface area contributed by atoms with Gasteiger partial charge in [0.05, 0.1) is 10.9 Å². The zero-order valence-electron chi connectivity index (χ0n) is 20.0. The fraction of sp³-hybridized carbons (Fsp3) is 0.333. The van der Waals surface area contributed by atoms with Crippen molar-refractivity contribution in [2.75, 3.05) is 5.73 Å². The van der Waals surface area contributed by atoms with E-state index in [-0.39, 0.29) is 15.8 Å². The first-order valence-electron chi connectivity index (χ1n) is 10.7. The highest BCUT2D eigenvalue weighted by atomic mass is 16.2. The molecule has 0 aliphatic carbocycles. The zero-order valence-corrected chi connectivity index (χ0v) is 11.0. The molecule has 1 aliphatic rings. The molecule has 1 fully saturated rings. The van der Waals surface area contributed by atoms with Gasteiger partial charge in [-0.25, -0.2) is 4.98 Å². The lowest BCUT2D eigenvalue weighted by Crippen LogP contribution is -2.56. The lowest BCUT2D eigenvalue weighted by atomic mass is 9.90. The summed E-state index contributed by atoms with van der Waals surface area (Å²) < 4.78 is 71.7. The second-order valence-electron chi connectivity index (χ2n) is 4.60. The molecule has 1 atom stereocenters. The minimum atomic E-state index is -3.84. The fourth-order valence-electron chi connectivity index (χ4n) is 2.18. The summed E-state index contributed by atoms with van der Waals surface area (Å²) in [5.41, 5.74) is 0.391. The van der Waals surface area contributed by atoms with E-state index in [1.54, 1.807) is 0 Å². The summed E-state index contributed by atoms with van der Waals surface area (Å²) in [6.45, 7) is -5.97. The normalized spacial score (nSPS) is 33.2. The summed E-state index contributed by atoms with van der Waals surface area (Å²) in [6.07, 6.45) is -7.43. The maximum atomic E-state index is 13.4. The van der Waals surface area contributed by atoms with Crippen LogP contribution in [0.25, 0.3) is 10.9 Å². The third-order valence-electron chi connectivity index (χ3n) is 3.20. The molecule has 1 unspecified atom stereocenters. The molecule has 2 amide bonds. The Kier molecular flexibility index (Phi) is 1.49. The fourth-order valence-corrected chi connectivity index (χ4v) is 2.18. The molecule has 1 aromatic carbocycles. The number of anilines is 1. The van der Waals surface area contributed by atoms with Crippen molar-refractivity contribution in [1.82, 2.24) is 14.9 Å². The number of nitrogen functional groups attached to an aromatic ring is 1. The van der Waals surface area contributed by atoms with E-state index < -0.39 is 60.6 Å². The summed E-state index contributed by atoms with van der Waals surface area (Å²) in [5, 5.41) is 1.06. The van der Waals surface area contributed by atoms with E-state index in [0.717, 1.165) is 0 Å². The summed E-state index contributed by atoms with van der Waals surface area (Å²) in [4.78, 5) is 42.3. The predicted octanol–water partition coefficient (Wildman–Crippen LogP) is 0.439. The molecule has 22 heavy (non-hydrogen) atoms. The van der Waals surface area contributed by atoms with Crippen molar-refractivity contribution in [3.05, 3.63) is 34.4 Å². The molecule has 0 saturated carbocycles. The summed E-state index contributed by atoms with van der Waals surface area (Å²) in [6, 6.07) is 3.93. The lowest BCUT2D eigenvalue weighted by Gasteiger charge is -2.34. The smallest absolute Gasteiger partial charge is 0.264 e. The Bertz CT molecular complexity index is 1170. The van der Waals surface area contributed by atoms with Gasteiger partial charge < -0.3 is 5.73 Å². The van der Waals surface area contributed by atoms with E-state index in [4.69, 9.17) is 18.1 Å². The number of rotatable bonds is 1. The van der Waals surface area contributed by atoms with Gasteiger partial charge in [0.2, 0.25) is 5.91 Å². The highest BCUT2D eigenvalue weighted by molar-refractivity contribution is 6.01. The van der Waals surface area contributed by atoms with E-state index >= 15 is 0 Å². The number of imide groups is 1. The van der Waals surface area contributed by atoms with Gasteiger partial charge in [-0.1, -0.05) is 6.07 Å². The van der Waals surface area contributed by atoms with Gasteiger partial charge in [0.1, 0.15) is 11.4 Å². The molecular weight excluding hydrogens is 284 g/mol. The number of fused-ring (bicyclic) bond motifs is 1. The standard InChI is InChI=1S/C15H16N4O3/c1-8-17-10-5-3-4-9(16)12(10)13(21)19(8)15(2)7-6-11(20)18-14(15)22/h3-5H,6-7,16H2,1-2H3,(H,18,20,22)/i1D2,2D3,6D2,7D2. The van der Waals surface area contributed by atoms with Crippen LogP contribution in [0.4, 0.5) is 5.69 Å². The minimum Gasteiger partial charge on any atom is -0.398 e. The average molecular weight is 309 g/mol. The van der Waals surface area contributed by atoms with Crippen molar-refractivity contribution in [3.63, 3.8) is 0 Å². The van der Waals surface area contributed by atoms with Crippen molar-refractivity contribution in [2.45, 2.75) is 32.0 Å². The topological polar surface area (TPSA) is 107 Å². The molecule has 3 N–H and O–H groups in total. The van der Waals surface area contributed by atoms with Crippen molar-refractivity contribution >= 4 is 28.4 Å². The average Bonchev–Trinajstić information content (AvgIpc) is 2.60. The maximum Gasteiger partial charge on any atom is 0.264 e. The highest BCUT2D eigenvalue weighted by Crippen LogP contribution is 2.27. The third kappa shape index (κ3) is 1.89. The second kappa shape index (κ2) is 4.66. The van der Waals surface area contributed by atoms with E-state index in [1.165, 1.54) is 23.5 Å². The van der Waals surface area contributed by atoms with Crippen LogP contribution in [0.3, 0.4) is 0 Å². The van der Waals surface area contributed by atoms with Crippen molar-refractivity contribution in [1.29, 1.82) is 0 Å². The molecule has 0 radical (unpaired) electrons. The lowest BCUT2D eigenvalue weighted by molar-refractivity contribution is -0.140. The summed E-state index contributed by atoms with van der Waals surface area (Å²) >= 11 is 0. The number of aryl methyl sites for hydroxylation is 1. The van der Waals surface area contributed by atoms with Gasteiger partial charge in [0, 0.05) is 24.4 Å². The SMILES string of the molecule is [2H]C([2H])c1nc2cccc(N)c2c(=O)n1C1(C([2H])([2H])[2H])C(=O)NC(=O)C([2H])([2H])C1([2H])[2H]. The molecule has 1 aromatic heterocycles. The summed E-state index contributed by atoms with van der Waals surface area (Å²) in [5.74, 6) is -4.51. The number of carbonyl (C=O) groups is 2. The number of benzene rings is 1.